The summed E-state index contributed by atoms with van der Waals surface area (Å²) in [5.74, 6) is -0.910. The molecule has 8 nitrogen and oxygen atoms in total. The van der Waals surface area contributed by atoms with Gasteiger partial charge in [-0.15, -0.1) is 0 Å². The minimum Gasteiger partial charge on any atom is -0.507 e. The maximum Gasteiger partial charge on any atom is 0.295 e. The lowest BCUT2D eigenvalue weighted by molar-refractivity contribution is -0.139. The summed E-state index contributed by atoms with van der Waals surface area (Å²) >= 11 is 0. The molecule has 2 aromatic heterocycles. The van der Waals surface area contributed by atoms with Crippen LogP contribution in [0.5, 0.6) is 5.75 Å². The van der Waals surface area contributed by atoms with Gasteiger partial charge in [-0.05, 0) is 66.4 Å². The summed E-state index contributed by atoms with van der Waals surface area (Å²) in [6.07, 6.45) is 9.11. The summed E-state index contributed by atoms with van der Waals surface area (Å²) in [5, 5.41) is 11.3. The van der Waals surface area contributed by atoms with Crippen LogP contribution in [-0.4, -0.2) is 42.8 Å². The summed E-state index contributed by atoms with van der Waals surface area (Å²) in [6.45, 7) is 3.45. The first-order valence-corrected chi connectivity index (χ1v) is 12.4. The average molecular weight is 509 g/mol. The molecular formula is C30H28N4O4. The van der Waals surface area contributed by atoms with E-state index in [0.717, 1.165) is 11.1 Å². The molecule has 1 aliphatic heterocycles. The summed E-state index contributed by atoms with van der Waals surface area (Å²) in [4.78, 5) is 35.9. The number of aliphatic hydroxyl groups is 1. The number of aromatic nitrogens is 3. The number of carbonyl (C=O) groups excluding carboxylic acids is 2. The van der Waals surface area contributed by atoms with Crippen LogP contribution in [0.3, 0.4) is 0 Å². The molecule has 4 aromatic rings. The van der Waals surface area contributed by atoms with Crippen LogP contribution in [-0.2, 0) is 22.7 Å². The Kier molecular flexibility index (Phi) is 7.31. The van der Waals surface area contributed by atoms with Gasteiger partial charge in [-0.1, -0.05) is 24.3 Å². The minimum atomic E-state index is -0.710. The third-order valence-corrected chi connectivity index (χ3v) is 6.72. The summed E-state index contributed by atoms with van der Waals surface area (Å²) in [7, 11) is 0. The molecule has 1 atom stereocenters. The Morgan fingerprint density at radius 3 is 2.42 bits per heavy atom. The summed E-state index contributed by atoms with van der Waals surface area (Å²) in [6, 6.07) is 17.7. The highest BCUT2D eigenvalue weighted by molar-refractivity contribution is 6.46. The number of amides is 1. The molecule has 3 heterocycles. The maximum atomic E-state index is 13.2. The van der Waals surface area contributed by atoms with Gasteiger partial charge in [0.15, 0.2) is 0 Å². The van der Waals surface area contributed by atoms with E-state index in [1.165, 1.54) is 4.90 Å². The van der Waals surface area contributed by atoms with Crippen molar-refractivity contribution in [3.8, 4) is 5.75 Å². The fourth-order valence-electron chi connectivity index (χ4n) is 4.64. The largest absolute Gasteiger partial charge is 0.507 e. The summed E-state index contributed by atoms with van der Waals surface area (Å²) < 4.78 is 7.83. The number of aliphatic hydroxyl groups excluding tert-OH is 1. The average Bonchev–Trinajstić information content (AvgIpc) is 3.55. The number of aryl methyl sites for hydroxylation is 2. The number of imidazole rings is 1. The van der Waals surface area contributed by atoms with E-state index in [0.29, 0.717) is 43.0 Å². The topological polar surface area (TPSA) is 97.6 Å². The number of carbonyl (C=O) groups is 2. The predicted molar refractivity (Wildman–Crippen MR) is 142 cm³/mol. The minimum absolute atomic E-state index is 0.0670. The standard InChI is InChI=1S/C30H28N4O4/c1-21-5-2-3-6-24(21)19-38-25-9-7-23(8-10-25)28(35)26-27(22-11-13-31-14-12-22)34(30(37)29(26)36)17-4-16-33-18-15-32-20-33/h2-3,5-15,18,20,27,35H,4,16-17,19H2,1H3/b28-26+. The molecule has 38 heavy (non-hydrogen) atoms. The van der Waals surface area contributed by atoms with E-state index in [-0.39, 0.29) is 11.3 Å². The van der Waals surface area contributed by atoms with Gasteiger partial charge in [0.1, 0.15) is 18.1 Å². The lowest BCUT2D eigenvalue weighted by atomic mass is 9.96. The van der Waals surface area contributed by atoms with E-state index >= 15 is 0 Å². The molecule has 0 bridgehead atoms. The van der Waals surface area contributed by atoms with E-state index in [4.69, 9.17) is 4.74 Å². The van der Waals surface area contributed by atoms with Gasteiger partial charge in [-0.2, -0.15) is 0 Å². The van der Waals surface area contributed by atoms with Gasteiger partial charge < -0.3 is 19.3 Å². The molecule has 1 saturated heterocycles. The van der Waals surface area contributed by atoms with Crippen LogP contribution in [0.25, 0.3) is 5.76 Å². The predicted octanol–water partition coefficient (Wildman–Crippen LogP) is 4.68. The number of rotatable bonds is 9. The first-order chi connectivity index (χ1) is 18.5. The number of pyridine rings is 1. The van der Waals surface area contributed by atoms with Crippen LogP contribution in [0.1, 0.15) is 34.7 Å². The van der Waals surface area contributed by atoms with Crippen molar-refractivity contribution >= 4 is 17.4 Å². The van der Waals surface area contributed by atoms with Gasteiger partial charge in [0.25, 0.3) is 11.7 Å². The number of ether oxygens (including phenoxy) is 1. The monoisotopic (exact) mass is 508 g/mol. The first-order valence-electron chi connectivity index (χ1n) is 12.4. The van der Waals surface area contributed by atoms with Crippen LogP contribution in [0.4, 0.5) is 0 Å². The van der Waals surface area contributed by atoms with Gasteiger partial charge in [-0.3, -0.25) is 14.6 Å². The second-order valence-electron chi connectivity index (χ2n) is 9.17. The van der Waals surface area contributed by atoms with Crippen molar-refractivity contribution in [3.63, 3.8) is 0 Å². The molecule has 2 aromatic carbocycles. The fourth-order valence-corrected chi connectivity index (χ4v) is 4.64. The Hall–Kier alpha value is -4.72. The van der Waals surface area contributed by atoms with Crippen molar-refractivity contribution in [1.82, 2.24) is 19.4 Å². The van der Waals surface area contributed by atoms with E-state index in [1.54, 1.807) is 61.3 Å². The third kappa shape index (κ3) is 5.20. The van der Waals surface area contributed by atoms with Crippen LogP contribution in [0.15, 0.2) is 97.4 Å². The Morgan fingerprint density at radius 1 is 0.947 bits per heavy atom. The molecule has 5 rings (SSSR count). The Morgan fingerprint density at radius 2 is 1.71 bits per heavy atom. The lowest BCUT2D eigenvalue weighted by Gasteiger charge is -2.25. The molecule has 0 spiro atoms. The normalized spacial score (nSPS) is 16.7. The van der Waals surface area contributed by atoms with Gasteiger partial charge in [0.2, 0.25) is 0 Å². The molecule has 0 aliphatic carbocycles. The SMILES string of the molecule is Cc1ccccc1COc1ccc(/C(O)=C2\C(=O)C(=O)N(CCCn3ccnc3)C2c2ccncc2)cc1. The molecule has 1 aliphatic rings. The van der Waals surface area contributed by atoms with Gasteiger partial charge in [-0.25, -0.2) is 4.98 Å². The highest BCUT2D eigenvalue weighted by Crippen LogP contribution is 2.39. The van der Waals surface area contributed by atoms with Gasteiger partial charge in [0, 0.05) is 43.4 Å². The molecule has 192 valence electrons. The van der Waals surface area contributed by atoms with Crippen molar-refractivity contribution in [1.29, 1.82) is 0 Å². The lowest BCUT2D eigenvalue weighted by Crippen LogP contribution is -2.31. The Balaban J connectivity index is 1.40. The number of hydrogen-bond donors (Lipinski definition) is 1. The number of benzene rings is 2. The molecule has 1 unspecified atom stereocenters. The van der Waals surface area contributed by atoms with Crippen LogP contribution in [0, 0.1) is 6.92 Å². The van der Waals surface area contributed by atoms with Gasteiger partial charge >= 0.3 is 0 Å². The van der Waals surface area contributed by atoms with Crippen LogP contribution >= 0.6 is 0 Å². The second-order valence-corrected chi connectivity index (χ2v) is 9.17. The highest BCUT2D eigenvalue weighted by atomic mass is 16.5. The molecule has 1 amide bonds. The number of hydrogen-bond acceptors (Lipinski definition) is 6. The third-order valence-electron chi connectivity index (χ3n) is 6.72. The van der Waals surface area contributed by atoms with Crippen molar-refractivity contribution in [2.75, 3.05) is 6.54 Å². The molecule has 0 radical (unpaired) electrons. The molecule has 1 N–H and O–H groups in total. The molecule has 0 saturated carbocycles. The van der Waals surface area contributed by atoms with Crippen molar-refractivity contribution < 1.29 is 19.4 Å². The number of Topliss-reactive ketones (excluding diaryl/α,β-unsaturated/α-hetero) is 1. The quantitative estimate of drug-likeness (QED) is 0.200. The zero-order valence-corrected chi connectivity index (χ0v) is 21.0. The zero-order valence-electron chi connectivity index (χ0n) is 21.0. The van der Waals surface area contributed by atoms with E-state index in [2.05, 4.69) is 9.97 Å². The fraction of sp³-hybridized carbons (Fsp3) is 0.200. The van der Waals surface area contributed by atoms with Crippen LogP contribution < -0.4 is 4.74 Å². The van der Waals surface area contributed by atoms with Crippen molar-refractivity contribution in [3.05, 3.63) is 120 Å². The zero-order chi connectivity index (χ0) is 26.5. The Labute approximate surface area is 220 Å². The van der Waals surface area contributed by atoms with Crippen molar-refractivity contribution in [2.45, 2.75) is 32.5 Å². The molecule has 8 heteroatoms. The van der Waals surface area contributed by atoms with E-state index < -0.39 is 17.7 Å². The van der Waals surface area contributed by atoms with Crippen LogP contribution in [0.2, 0.25) is 0 Å². The van der Waals surface area contributed by atoms with Crippen molar-refractivity contribution in [2.24, 2.45) is 0 Å². The Bertz CT molecular complexity index is 1450. The molecular weight excluding hydrogens is 480 g/mol. The number of ketones is 1. The second kappa shape index (κ2) is 11.1. The highest BCUT2D eigenvalue weighted by Gasteiger charge is 2.45. The van der Waals surface area contributed by atoms with E-state index in [9.17, 15) is 14.7 Å². The number of nitrogens with zero attached hydrogens (tertiary/aromatic N) is 4. The maximum absolute atomic E-state index is 13.2. The smallest absolute Gasteiger partial charge is 0.295 e. The van der Waals surface area contributed by atoms with E-state index in [1.807, 2.05) is 42.0 Å². The first kappa shape index (κ1) is 25.0. The number of likely N-dealkylation sites (tertiary alicyclic amines) is 1. The molecule has 1 fully saturated rings. The summed E-state index contributed by atoms with van der Waals surface area (Å²) in [5.41, 5.74) is 3.44. The van der Waals surface area contributed by atoms with Gasteiger partial charge in [0.05, 0.1) is 17.9 Å².